The van der Waals surface area contributed by atoms with Gasteiger partial charge in [0.25, 0.3) is 5.91 Å². The van der Waals surface area contributed by atoms with Crippen molar-refractivity contribution in [2.45, 2.75) is 6.92 Å². The number of amides is 1. The van der Waals surface area contributed by atoms with Crippen LogP contribution in [0.4, 0.5) is 5.69 Å². The predicted molar refractivity (Wildman–Crippen MR) is 89.3 cm³/mol. The van der Waals surface area contributed by atoms with Crippen LogP contribution in [0.15, 0.2) is 41.8 Å². The molecule has 108 valence electrons. The van der Waals surface area contributed by atoms with Crippen molar-refractivity contribution in [3.63, 3.8) is 0 Å². The molecule has 0 fully saturated rings. The van der Waals surface area contributed by atoms with E-state index in [0.717, 1.165) is 9.88 Å². The van der Waals surface area contributed by atoms with Gasteiger partial charge in [-0.3, -0.25) is 4.79 Å². The van der Waals surface area contributed by atoms with Crippen molar-refractivity contribution in [1.82, 2.24) is 4.98 Å². The van der Waals surface area contributed by atoms with Gasteiger partial charge in [0.15, 0.2) is 0 Å². The van der Waals surface area contributed by atoms with Gasteiger partial charge in [0.2, 0.25) is 0 Å². The van der Waals surface area contributed by atoms with Crippen molar-refractivity contribution in [2.75, 3.05) is 5.32 Å². The normalized spacial score (nSPS) is 10.2. The van der Waals surface area contributed by atoms with Gasteiger partial charge in [-0.1, -0.05) is 0 Å². The molecule has 1 amide bonds. The maximum atomic E-state index is 12.2. The number of nitrogens with one attached hydrogen (secondary N) is 1. The molecule has 1 N–H and O–H groups in total. The van der Waals surface area contributed by atoms with Crippen LogP contribution in [-0.2, 0) is 0 Å². The molecule has 2 heterocycles. The van der Waals surface area contributed by atoms with E-state index in [0.29, 0.717) is 16.9 Å². The molecule has 4 nitrogen and oxygen atoms in total. The van der Waals surface area contributed by atoms with Crippen LogP contribution >= 0.6 is 22.7 Å². The van der Waals surface area contributed by atoms with Crippen LogP contribution in [0.25, 0.3) is 9.88 Å². The first kappa shape index (κ1) is 14.4. The Hall–Kier alpha value is -2.49. The van der Waals surface area contributed by atoms with Gasteiger partial charge in [0.1, 0.15) is 10.7 Å². The first-order chi connectivity index (χ1) is 10.7. The molecule has 0 unspecified atom stereocenters. The van der Waals surface area contributed by atoms with Crippen LogP contribution in [0, 0.1) is 18.3 Å². The molecule has 0 aliphatic heterocycles. The molecule has 0 aliphatic rings. The summed E-state index contributed by atoms with van der Waals surface area (Å²) >= 11 is 3.12. The lowest BCUT2D eigenvalue weighted by atomic mass is 10.2. The Morgan fingerprint density at radius 3 is 2.64 bits per heavy atom. The molecular formula is C16H11N3OS2. The Labute approximate surface area is 135 Å². The molecule has 3 rings (SSSR count). The molecule has 0 saturated carbocycles. The van der Waals surface area contributed by atoms with Crippen LogP contribution in [0.5, 0.6) is 0 Å². The van der Waals surface area contributed by atoms with Crippen LogP contribution in [0.3, 0.4) is 0 Å². The lowest BCUT2D eigenvalue weighted by molar-refractivity contribution is 0.102. The van der Waals surface area contributed by atoms with Crippen LogP contribution in [0.1, 0.15) is 20.9 Å². The molecule has 0 aliphatic carbocycles. The third-order valence-corrected chi connectivity index (χ3v) is 4.97. The molecule has 0 saturated heterocycles. The van der Waals surface area contributed by atoms with E-state index in [1.54, 1.807) is 41.0 Å². The van der Waals surface area contributed by atoms with E-state index < -0.39 is 0 Å². The van der Waals surface area contributed by atoms with Crippen molar-refractivity contribution in [2.24, 2.45) is 0 Å². The Morgan fingerprint density at radius 2 is 2.00 bits per heavy atom. The maximum Gasteiger partial charge on any atom is 0.275 e. The highest BCUT2D eigenvalue weighted by Gasteiger charge is 2.13. The van der Waals surface area contributed by atoms with Gasteiger partial charge in [-0.15, -0.1) is 22.7 Å². The monoisotopic (exact) mass is 325 g/mol. The van der Waals surface area contributed by atoms with Crippen molar-refractivity contribution in [1.29, 1.82) is 5.26 Å². The smallest absolute Gasteiger partial charge is 0.275 e. The first-order valence-corrected chi connectivity index (χ1v) is 8.19. The minimum Gasteiger partial charge on any atom is -0.321 e. The van der Waals surface area contributed by atoms with Gasteiger partial charge in [0.05, 0.1) is 16.5 Å². The molecular weight excluding hydrogens is 314 g/mol. The predicted octanol–water partition coefficient (Wildman–Crippen LogP) is 4.30. The minimum absolute atomic E-state index is 0.250. The summed E-state index contributed by atoms with van der Waals surface area (Å²) in [6.45, 7) is 2.04. The number of rotatable bonds is 3. The van der Waals surface area contributed by atoms with E-state index in [4.69, 9.17) is 5.26 Å². The zero-order valence-electron chi connectivity index (χ0n) is 11.7. The number of nitrogens with zero attached hydrogens (tertiary/aromatic N) is 2. The molecule has 0 bridgehead atoms. The highest BCUT2D eigenvalue weighted by Crippen LogP contribution is 2.30. The average Bonchev–Trinajstić information content (AvgIpc) is 3.16. The number of hydrogen-bond donors (Lipinski definition) is 1. The molecule has 6 heteroatoms. The molecule has 0 spiro atoms. The van der Waals surface area contributed by atoms with Crippen LogP contribution in [-0.4, -0.2) is 10.9 Å². The number of thiazole rings is 1. The number of anilines is 1. The van der Waals surface area contributed by atoms with Gasteiger partial charge >= 0.3 is 0 Å². The molecule has 1 aromatic carbocycles. The number of carbonyl (C=O) groups excluding carboxylic acids is 1. The van der Waals surface area contributed by atoms with E-state index in [-0.39, 0.29) is 5.91 Å². The van der Waals surface area contributed by atoms with E-state index in [9.17, 15) is 4.79 Å². The number of hydrogen-bond acceptors (Lipinski definition) is 5. The third-order valence-electron chi connectivity index (χ3n) is 2.96. The number of nitriles is 1. The minimum atomic E-state index is -0.250. The van der Waals surface area contributed by atoms with Gasteiger partial charge < -0.3 is 5.32 Å². The van der Waals surface area contributed by atoms with Crippen LogP contribution < -0.4 is 5.32 Å². The SMILES string of the molecule is Cc1ccc(-c2nc(C(=O)Nc3ccc(C#N)cc3)cs2)s1. The van der Waals surface area contributed by atoms with Crippen molar-refractivity contribution in [3.05, 3.63) is 57.9 Å². The van der Waals surface area contributed by atoms with E-state index in [2.05, 4.69) is 10.3 Å². The summed E-state index contributed by atoms with van der Waals surface area (Å²) in [5, 5.41) is 14.1. The summed E-state index contributed by atoms with van der Waals surface area (Å²) in [6, 6.07) is 12.8. The average molecular weight is 325 g/mol. The second kappa shape index (κ2) is 6.10. The number of aryl methyl sites for hydroxylation is 1. The summed E-state index contributed by atoms with van der Waals surface area (Å²) < 4.78 is 0. The van der Waals surface area contributed by atoms with Crippen molar-refractivity contribution < 1.29 is 4.79 Å². The summed E-state index contributed by atoms with van der Waals surface area (Å²) in [4.78, 5) is 18.9. The van der Waals surface area contributed by atoms with Crippen molar-refractivity contribution in [3.8, 4) is 16.0 Å². The summed E-state index contributed by atoms with van der Waals surface area (Å²) in [5.74, 6) is -0.250. The number of carbonyl (C=O) groups is 1. The highest BCUT2D eigenvalue weighted by atomic mass is 32.1. The van der Waals surface area contributed by atoms with Gasteiger partial charge in [-0.05, 0) is 43.3 Å². The first-order valence-electron chi connectivity index (χ1n) is 6.49. The number of thiophene rings is 1. The lowest BCUT2D eigenvalue weighted by Crippen LogP contribution is -2.12. The fraction of sp³-hybridized carbons (Fsp3) is 0.0625. The number of aromatic nitrogens is 1. The topological polar surface area (TPSA) is 65.8 Å². The summed E-state index contributed by atoms with van der Waals surface area (Å²) in [7, 11) is 0. The third kappa shape index (κ3) is 3.06. The Morgan fingerprint density at radius 1 is 1.23 bits per heavy atom. The van der Waals surface area contributed by atoms with Crippen molar-refractivity contribution >= 4 is 34.3 Å². The summed E-state index contributed by atoms with van der Waals surface area (Å²) in [5.41, 5.74) is 1.60. The van der Waals surface area contributed by atoms with Crippen LogP contribution in [0.2, 0.25) is 0 Å². The largest absolute Gasteiger partial charge is 0.321 e. The standard InChI is InChI=1S/C16H11N3OS2/c1-10-2-7-14(22-10)16-19-13(9-21-16)15(20)18-12-5-3-11(8-17)4-6-12/h2-7,9H,1H3,(H,18,20). The fourth-order valence-electron chi connectivity index (χ4n) is 1.86. The molecule has 2 aromatic heterocycles. The molecule has 0 atom stereocenters. The second-order valence-corrected chi connectivity index (χ2v) is 6.74. The molecule has 3 aromatic rings. The zero-order valence-corrected chi connectivity index (χ0v) is 13.3. The van der Waals surface area contributed by atoms with Gasteiger partial charge in [0, 0.05) is 15.9 Å². The Kier molecular flexibility index (Phi) is 4.00. The lowest BCUT2D eigenvalue weighted by Gasteiger charge is -2.02. The Bertz CT molecular complexity index is 856. The quantitative estimate of drug-likeness (QED) is 0.780. The zero-order chi connectivity index (χ0) is 15.5. The Balaban J connectivity index is 1.75. The highest BCUT2D eigenvalue weighted by molar-refractivity contribution is 7.21. The van der Waals surface area contributed by atoms with Gasteiger partial charge in [-0.25, -0.2) is 4.98 Å². The number of benzene rings is 1. The van der Waals surface area contributed by atoms with E-state index >= 15 is 0 Å². The van der Waals surface area contributed by atoms with E-state index in [1.165, 1.54) is 16.2 Å². The van der Waals surface area contributed by atoms with Gasteiger partial charge in [-0.2, -0.15) is 5.26 Å². The molecule has 22 heavy (non-hydrogen) atoms. The summed E-state index contributed by atoms with van der Waals surface area (Å²) in [6.07, 6.45) is 0. The molecule has 0 radical (unpaired) electrons. The fourth-order valence-corrected chi connectivity index (χ4v) is 3.60. The second-order valence-electron chi connectivity index (χ2n) is 4.59. The van der Waals surface area contributed by atoms with E-state index in [1.807, 2.05) is 25.1 Å². The maximum absolute atomic E-state index is 12.2.